The number of carbonyl (C=O) groups is 1. The predicted octanol–water partition coefficient (Wildman–Crippen LogP) is 2.55. The Labute approximate surface area is 117 Å². The average Bonchev–Trinajstić information content (AvgIpc) is 3.21. The van der Waals surface area contributed by atoms with E-state index in [1.165, 1.54) is 18.9 Å². The van der Waals surface area contributed by atoms with E-state index in [1.807, 2.05) is 6.92 Å². The number of hydrogen-bond acceptors (Lipinski definition) is 4. The SMILES string of the molecule is CNc1cccc(C(=O)NC(C)CC2CC2)c1[N+](=O)[O-]. The highest BCUT2D eigenvalue weighted by molar-refractivity contribution is 6.00. The Morgan fingerprint density at radius 1 is 1.50 bits per heavy atom. The van der Waals surface area contributed by atoms with Crippen molar-refractivity contribution in [3.63, 3.8) is 0 Å². The molecule has 1 aliphatic carbocycles. The summed E-state index contributed by atoms with van der Waals surface area (Å²) in [6.07, 6.45) is 3.37. The van der Waals surface area contributed by atoms with Crippen LogP contribution < -0.4 is 10.6 Å². The van der Waals surface area contributed by atoms with Crippen LogP contribution in [0.3, 0.4) is 0 Å². The number of benzene rings is 1. The van der Waals surface area contributed by atoms with Crippen LogP contribution in [-0.4, -0.2) is 23.9 Å². The lowest BCUT2D eigenvalue weighted by molar-refractivity contribution is -0.384. The lowest BCUT2D eigenvalue weighted by Crippen LogP contribution is -2.33. The van der Waals surface area contributed by atoms with E-state index in [0.29, 0.717) is 11.6 Å². The first-order chi connectivity index (χ1) is 9.52. The lowest BCUT2D eigenvalue weighted by atomic mass is 10.1. The van der Waals surface area contributed by atoms with E-state index in [9.17, 15) is 14.9 Å². The van der Waals surface area contributed by atoms with Gasteiger partial charge in [-0.1, -0.05) is 18.9 Å². The molecule has 1 aromatic rings. The summed E-state index contributed by atoms with van der Waals surface area (Å²) in [4.78, 5) is 22.9. The maximum atomic E-state index is 12.2. The van der Waals surface area contributed by atoms with Gasteiger partial charge >= 0.3 is 5.69 Å². The third kappa shape index (κ3) is 3.26. The molecule has 1 aromatic carbocycles. The molecular formula is C14H19N3O3. The smallest absolute Gasteiger partial charge is 0.305 e. The van der Waals surface area contributed by atoms with Gasteiger partial charge in [0.25, 0.3) is 5.91 Å². The van der Waals surface area contributed by atoms with Crippen molar-refractivity contribution in [3.8, 4) is 0 Å². The normalized spacial score (nSPS) is 15.5. The van der Waals surface area contributed by atoms with Gasteiger partial charge in [0.2, 0.25) is 0 Å². The fourth-order valence-corrected chi connectivity index (χ4v) is 2.34. The maximum absolute atomic E-state index is 12.2. The van der Waals surface area contributed by atoms with E-state index in [4.69, 9.17) is 0 Å². The molecule has 1 aliphatic rings. The molecule has 0 aliphatic heterocycles. The molecule has 2 N–H and O–H groups in total. The largest absolute Gasteiger partial charge is 0.383 e. The van der Waals surface area contributed by atoms with Crippen LogP contribution in [0.5, 0.6) is 0 Å². The van der Waals surface area contributed by atoms with Crippen molar-refractivity contribution in [2.24, 2.45) is 5.92 Å². The summed E-state index contributed by atoms with van der Waals surface area (Å²) in [5.41, 5.74) is 0.271. The molecule has 6 nitrogen and oxygen atoms in total. The zero-order chi connectivity index (χ0) is 14.7. The molecule has 1 amide bonds. The molecule has 0 radical (unpaired) electrons. The van der Waals surface area contributed by atoms with E-state index < -0.39 is 4.92 Å². The number of hydrogen-bond donors (Lipinski definition) is 2. The van der Waals surface area contributed by atoms with E-state index in [0.717, 1.165) is 6.42 Å². The molecule has 108 valence electrons. The van der Waals surface area contributed by atoms with E-state index in [2.05, 4.69) is 10.6 Å². The topological polar surface area (TPSA) is 84.3 Å². The summed E-state index contributed by atoms with van der Waals surface area (Å²) in [5, 5.41) is 16.8. The standard InChI is InChI=1S/C14H19N3O3/c1-9(8-10-6-7-10)16-14(18)11-4-3-5-12(15-2)13(11)17(19)20/h3-5,9-10,15H,6-8H2,1-2H3,(H,16,18). The predicted molar refractivity (Wildman–Crippen MR) is 76.9 cm³/mol. The summed E-state index contributed by atoms with van der Waals surface area (Å²) in [6, 6.07) is 4.74. The van der Waals surface area contributed by atoms with Gasteiger partial charge in [-0.05, 0) is 31.4 Å². The van der Waals surface area contributed by atoms with Gasteiger partial charge in [0.05, 0.1) is 4.92 Å². The highest BCUT2D eigenvalue weighted by Crippen LogP contribution is 2.33. The summed E-state index contributed by atoms with van der Waals surface area (Å²) < 4.78 is 0. The number of carbonyl (C=O) groups excluding carboxylic acids is 1. The Morgan fingerprint density at radius 3 is 2.75 bits per heavy atom. The molecule has 0 aromatic heterocycles. The summed E-state index contributed by atoms with van der Waals surface area (Å²) in [6.45, 7) is 1.93. The Kier molecular flexibility index (Phi) is 4.22. The third-order valence-corrected chi connectivity index (χ3v) is 3.49. The van der Waals surface area contributed by atoms with Crippen molar-refractivity contribution in [2.45, 2.75) is 32.2 Å². The second-order valence-corrected chi connectivity index (χ2v) is 5.26. The first-order valence-electron chi connectivity index (χ1n) is 6.79. The van der Waals surface area contributed by atoms with Gasteiger partial charge in [-0.3, -0.25) is 14.9 Å². The van der Waals surface area contributed by atoms with Crippen molar-refractivity contribution in [2.75, 3.05) is 12.4 Å². The molecule has 1 fully saturated rings. The van der Waals surface area contributed by atoms with Gasteiger partial charge < -0.3 is 10.6 Å². The Bertz CT molecular complexity index is 526. The summed E-state index contributed by atoms with van der Waals surface area (Å²) in [5.74, 6) is 0.311. The number of amides is 1. The highest BCUT2D eigenvalue weighted by atomic mass is 16.6. The molecular weight excluding hydrogens is 258 g/mol. The molecule has 1 unspecified atom stereocenters. The zero-order valence-electron chi connectivity index (χ0n) is 11.7. The molecule has 20 heavy (non-hydrogen) atoms. The van der Waals surface area contributed by atoms with Gasteiger partial charge in [-0.2, -0.15) is 0 Å². The molecule has 0 spiro atoms. The minimum Gasteiger partial charge on any atom is -0.383 e. The van der Waals surface area contributed by atoms with E-state index >= 15 is 0 Å². The fourth-order valence-electron chi connectivity index (χ4n) is 2.34. The van der Waals surface area contributed by atoms with Crippen molar-refractivity contribution in [1.29, 1.82) is 0 Å². The quantitative estimate of drug-likeness (QED) is 0.618. The number of nitrogens with zero attached hydrogens (tertiary/aromatic N) is 1. The number of nitro groups is 1. The van der Waals surface area contributed by atoms with Crippen molar-refractivity contribution in [1.82, 2.24) is 5.32 Å². The number of anilines is 1. The van der Waals surface area contributed by atoms with Crippen molar-refractivity contribution in [3.05, 3.63) is 33.9 Å². The van der Waals surface area contributed by atoms with Crippen LogP contribution in [0.1, 0.15) is 36.5 Å². The van der Waals surface area contributed by atoms with Gasteiger partial charge in [0, 0.05) is 13.1 Å². The second kappa shape index (κ2) is 5.90. The van der Waals surface area contributed by atoms with Crippen molar-refractivity contribution < 1.29 is 9.72 Å². The zero-order valence-corrected chi connectivity index (χ0v) is 11.7. The first-order valence-corrected chi connectivity index (χ1v) is 6.79. The Morgan fingerprint density at radius 2 is 2.20 bits per heavy atom. The number of nitrogens with one attached hydrogen (secondary N) is 2. The molecule has 0 heterocycles. The van der Waals surface area contributed by atoms with Crippen LogP contribution in [0.25, 0.3) is 0 Å². The average molecular weight is 277 g/mol. The molecule has 0 bridgehead atoms. The number of para-hydroxylation sites is 1. The number of nitro benzene ring substituents is 1. The first kappa shape index (κ1) is 14.3. The van der Waals surface area contributed by atoms with Gasteiger partial charge in [0.1, 0.15) is 11.3 Å². The fraction of sp³-hybridized carbons (Fsp3) is 0.500. The maximum Gasteiger partial charge on any atom is 0.305 e. The van der Waals surface area contributed by atoms with Crippen LogP contribution in [0.15, 0.2) is 18.2 Å². The van der Waals surface area contributed by atoms with E-state index in [-0.39, 0.29) is 23.2 Å². The van der Waals surface area contributed by atoms with Crippen LogP contribution >= 0.6 is 0 Å². The van der Waals surface area contributed by atoms with Gasteiger partial charge in [-0.25, -0.2) is 0 Å². The molecule has 1 saturated carbocycles. The van der Waals surface area contributed by atoms with Crippen molar-refractivity contribution >= 4 is 17.3 Å². The van der Waals surface area contributed by atoms with Crippen LogP contribution in [0.2, 0.25) is 0 Å². The lowest BCUT2D eigenvalue weighted by Gasteiger charge is -2.14. The third-order valence-electron chi connectivity index (χ3n) is 3.49. The highest BCUT2D eigenvalue weighted by Gasteiger charge is 2.27. The van der Waals surface area contributed by atoms with Crippen LogP contribution in [0, 0.1) is 16.0 Å². The Balaban J connectivity index is 2.17. The van der Waals surface area contributed by atoms with E-state index in [1.54, 1.807) is 19.2 Å². The number of rotatable bonds is 6. The molecule has 6 heteroatoms. The molecule has 0 saturated heterocycles. The van der Waals surface area contributed by atoms with Gasteiger partial charge in [0.15, 0.2) is 0 Å². The summed E-state index contributed by atoms with van der Waals surface area (Å²) >= 11 is 0. The minimum atomic E-state index is -0.522. The Hall–Kier alpha value is -2.11. The monoisotopic (exact) mass is 277 g/mol. The van der Waals surface area contributed by atoms with Gasteiger partial charge in [-0.15, -0.1) is 0 Å². The minimum absolute atomic E-state index is 0.0350. The van der Waals surface area contributed by atoms with Crippen LogP contribution in [-0.2, 0) is 0 Å². The molecule has 2 rings (SSSR count). The molecule has 1 atom stereocenters. The van der Waals surface area contributed by atoms with Crippen LogP contribution in [0.4, 0.5) is 11.4 Å². The second-order valence-electron chi connectivity index (χ2n) is 5.26. The summed E-state index contributed by atoms with van der Waals surface area (Å²) in [7, 11) is 1.60.